The first-order valence-corrected chi connectivity index (χ1v) is 38.0. The Labute approximate surface area is 524 Å². The van der Waals surface area contributed by atoms with Gasteiger partial charge < -0.3 is 33.8 Å². The van der Waals surface area contributed by atoms with Crippen molar-refractivity contribution >= 4 is 39.5 Å². The SMILES string of the molecule is CCCCCCCCCCCCCC(=O)OC[C@H](COP(=O)(O)OC[C@@H](O)COP(=O)(O)OC[C@@H](COC(=O)CCCCCCCCC)OC(=O)CCCCCCCCCC(C)C)OC(=O)CCCCCCCCCCCCCCCCC(C)CC. The van der Waals surface area contributed by atoms with Crippen molar-refractivity contribution in [2.75, 3.05) is 39.6 Å². The number of rotatable bonds is 66. The Morgan fingerprint density at radius 3 is 0.884 bits per heavy atom. The van der Waals surface area contributed by atoms with Crippen molar-refractivity contribution in [2.24, 2.45) is 11.8 Å². The molecule has 17 nitrogen and oxygen atoms in total. The summed E-state index contributed by atoms with van der Waals surface area (Å²) in [7, 11) is -9.89. The van der Waals surface area contributed by atoms with E-state index in [1.54, 1.807) is 0 Å². The molecule has 0 aromatic carbocycles. The third-order valence-corrected chi connectivity index (χ3v) is 17.7. The summed E-state index contributed by atoms with van der Waals surface area (Å²) in [5, 5.41) is 10.5. The zero-order valence-electron chi connectivity index (χ0n) is 55.6. The van der Waals surface area contributed by atoms with E-state index in [0.29, 0.717) is 31.6 Å². The Kier molecular flexibility index (Phi) is 58.0. The summed E-state index contributed by atoms with van der Waals surface area (Å²) in [5.41, 5.74) is 0. The molecule has 0 radical (unpaired) electrons. The van der Waals surface area contributed by atoms with E-state index < -0.39 is 97.5 Å². The van der Waals surface area contributed by atoms with E-state index in [4.69, 9.17) is 37.0 Å². The molecule has 0 aliphatic rings. The fourth-order valence-electron chi connectivity index (χ4n) is 10.0. The number of aliphatic hydroxyl groups excluding tert-OH is 1. The Balaban J connectivity index is 5.18. The van der Waals surface area contributed by atoms with Gasteiger partial charge in [0, 0.05) is 25.7 Å². The molecule has 6 atom stereocenters. The molecule has 0 heterocycles. The lowest BCUT2D eigenvalue weighted by molar-refractivity contribution is -0.161. The highest BCUT2D eigenvalue weighted by Crippen LogP contribution is 2.45. The quantitative estimate of drug-likeness (QED) is 0.0222. The minimum Gasteiger partial charge on any atom is -0.462 e. The molecule has 0 saturated carbocycles. The van der Waals surface area contributed by atoms with Crippen LogP contribution in [0.4, 0.5) is 0 Å². The lowest BCUT2D eigenvalue weighted by Gasteiger charge is -2.21. The van der Waals surface area contributed by atoms with Crippen molar-refractivity contribution in [1.29, 1.82) is 0 Å². The molecule has 3 unspecified atom stereocenters. The zero-order valence-corrected chi connectivity index (χ0v) is 57.4. The lowest BCUT2D eigenvalue weighted by atomic mass is 9.99. The van der Waals surface area contributed by atoms with Crippen LogP contribution in [0, 0.1) is 11.8 Å². The number of hydrogen-bond acceptors (Lipinski definition) is 15. The Morgan fingerprint density at radius 1 is 0.337 bits per heavy atom. The van der Waals surface area contributed by atoms with Crippen LogP contribution in [0.2, 0.25) is 0 Å². The topological polar surface area (TPSA) is 237 Å². The predicted octanol–water partition coefficient (Wildman–Crippen LogP) is 18.8. The molecule has 0 fully saturated rings. The van der Waals surface area contributed by atoms with E-state index >= 15 is 0 Å². The molecule has 0 aromatic rings. The maximum atomic E-state index is 13.0. The van der Waals surface area contributed by atoms with Crippen LogP contribution in [0.1, 0.15) is 337 Å². The van der Waals surface area contributed by atoms with Gasteiger partial charge in [0.15, 0.2) is 12.2 Å². The molecule has 19 heteroatoms. The van der Waals surface area contributed by atoms with Crippen molar-refractivity contribution in [3.63, 3.8) is 0 Å². The Hall–Kier alpha value is -1.94. The van der Waals surface area contributed by atoms with Crippen molar-refractivity contribution < 1.29 is 80.2 Å². The molecular weight excluding hydrogens is 1140 g/mol. The van der Waals surface area contributed by atoms with Gasteiger partial charge in [-0.25, -0.2) is 9.13 Å². The summed E-state index contributed by atoms with van der Waals surface area (Å²) in [6.07, 6.45) is 43.2. The summed E-state index contributed by atoms with van der Waals surface area (Å²) in [6, 6.07) is 0. The third kappa shape index (κ3) is 59.7. The van der Waals surface area contributed by atoms with Gasteiger partial charge in [-0.2, -0.15) is 0 Å². The first kappa shape index (κ1) is 84.1. The Bertz CT molecular complexity index is 1690. The van der Waals surface area contributed by atoms with E-state index in [9.17, 15) is 43.2 Å². The van der Waals surface area contributed by atoms with Gasteiger partial charge in [0.1, 0.15) is 19.3 Å². The second kappa shape index (κ2) is 59.4. The van der Waals surface area contributed by atoms with Crippen molar-refractivity contribution in [3.8, 4) is 0 Å². The fourth-order valence-corrected chi connectivity index (χ4v) is 11.6. The van der Waals surface area contributed by atoms with Crippen LogP contribution >= 0.6 is 15.6 Å². The van der Waals surface area contributed by atoms with Crippen LogP contribution in [-0.4, -0.2) is 96.7 Å². The van der Waals surface area contributed by atoms with E-state index in [1.807, 2.05) is 0 Å². The maximum absolute atomic E-state index is 13.0. The molecular formula is C67H130O17P2. The molecule has 0 rings (SSSR count). The van der Waals surface area contributed by atoms with Gasteiger partial charge in [0.25, 0.3) is 0 Å². The van der Waals surface area contributed by atoms with Crippen LogP contribution in [0.25, 0.3) is 0 Å². The standard InChI is InChI=1S/C67H130O17P2/c1-7-10-12-14-16-17-22-26-32-38-44-50-65(70)78-56-63(83-66(71)51-45-39-33-27-24-21-19-18-20-23-25-31-36-42-48-60(6)9-3)58-82-86(75,76)80-54-61(68)53-79-85(73,74)81-57-62(55-77-64(69)49-43-37-29-15-13-11-8-2)84-67(72)52-46-40-34-28-30-35-41-47-59(4)5/h59-63,68H,7-58H2,1-6H3,(H,73,74)(H,75,76)/t60?,61-,62+,63+/m0/s1. The largest absolute Gasteiger partial charge is 0.472 e. The van der Waals surface area contributed by atoms with Gasteiger partial charge in [-0.15, -0.1) is 0 Å². The predicted molar refractivity (Wildman–Crippen MR) is 345 cm³/mol. The summed E-state index contributed by atoms with van der Waals surface area (Å²) in [5.74, 6) is -0.593. The van der Waals surface area contributed by atoms with Crippen molar-refractivity contribution in [3.05, 3.63) is 0 Å². The number of carbonyl (C=O) groups is 4. The second-order valence-electron chi connectivity index (χ2n) is 24.9. The van der Waals surface area contributed by atoms with Gasteiger partial charge >= 0.3 is 39.5 Å². The maximum Gasteiger partial charge on any atom is 0.472 e. The van der Waals surface area contributed by atoms with Crippen LogP contribution < -0.4 is 0 Å². The Morgan fingerprint density at radius 2 is 0.593 bits per heavy atom. The van der Waals surface area contributed by atoms with Crippen LogP contribution in [0.15, 0.2) is 0 Å². The molecule has 0 bridgehead atoms. The van der Waals surface area contributed by atoms with Crippen LogP contribution in [0.5, 0.6) is 0 Å². The van der Waals surface area contributed by atoms with E-state index in [1.165, 1.54) is 141 Å². The number of aliphatic hydroxyl groups is 1. The monoisotopic (exact) mass is 1270 g/mol. The highest BCUT2D eigenvalue weighted by molar-refractivity contribution is 7.47. The number of unbranched alkanes of at least 4 members (excludes halogenated alkanes) is 35. The zero-order chi connectivity index (χ0) is 63.6. The van der Waals surface area contributed by atoms with Gasteiger partial charge in [0.05, 0.1) is 26.4 Å². The summed E-state index contributed by atoms with van der Waals surface area (Å²) < 4.78 is 68.0. The highest BCUT2D eigenvalue weighted by atomic mass is 31.2. The molecule has 0 aromatic heterocycles. The summed E-state index contributed by atoms with van der Waals surface area (Å²) in [4.78, 5) is 72.2. The van der Waals surface area contributed by atoms with Gasteiger partial charge in [-0.1, -0.05) is 286 Å². The average molecular weight is 1270 g/mol. The molecule has 0 aliphatic carbocycles. The summed E-state index contributed by atoms with van der Waals surface area (Å²) in [6.45, 7) is 9.47. The smallest absolute Gasteiger partial charge is 0.462 e. The highest BCUT2D eigenvalue weighted by Gasteiger charge is 2.30. The molecule has 0 saturated heterocycles. The molecule has 0 amide bonds. The van der Waals surface area contributed by atoms with Crippen LogP contribution in [0.3, 0.4) is 0 Å². The minimum absolute atomic E-state index is 0.103. The summed E-state index contributed by atoms with van der Waals surface area (Å²) >= 11 is 0. The molecule has 0 spiro atoms. The number of esters is 4. The van der Waals surface area contributed by atoms with Gasteiger partial charge in [-0.3, -0.25) is 37.3 Å². The lowest BCUT2D eigenvalue weighted by Crippen LogP contribution is -2.30. The normalized spacial score (nSPS) is 14.5. The number of ether oxygens (including phenoxy) is 4. The van der Waals surface area contributed by atoms with Crippen molar-refractivity contribution in [2.45, 2.75) is 355 Å². The second-order valence-corrected chi connectivity index (χ2v) is 27.8. The molecule has 3 N–H and O–H groups in total. The first-order valence-electron chi connectivity index (χ1n) is 35.0. The van der Waals surface area contributed by atoms with Gasteiger partial charge in [-0.05, 0) is 37.5 Å². The molecule has 86 heavy (non-hydrogen) atoms. The average Bonchev–Trinajstić information content (AvgIpc) is 3.70. The number of hydrogen-bond donors (Lipinski definition) is 3. The molecule has 510 valence electrons. The number of phosphoric acid groups is 2. The fraction of sp³-hybridized carbons (Fsp3) is 0.940. The first-order chi connectivity index (χ1) is 41.4. The number of carbonyl (C=O) groups excluding carboxylic acids is 4. The minimum atomic E-state index is -4.95. The van der Waals surface area contributed by atoms with E-state index in [0.717, 1.165) is 109 Å². The van der Waals surface area contributed by atoms with Crippen LogP contribution in [-0.2, 0) is 65.4 Å². The van der Waals surface area contributed by atoms with E-state index in [-0.39, 0.29) is 25.7 Å². The van der Waals surface area contributed by atoms with E-state index in [2.05, 4.69) is 41.5 Å². The third-order valence-electron chi connectivity index (χ3n) is 15.8. The molecule has 0 aliphatic heterocycles. The van der Waals surface area contributed by atoms with Gasteiger partial charge in [0.2, 0.25) is 0 Å². The number of phosphoric ester groups is 2. The van der Waals surface area contributed by atoms with Crippen molar-refractivity contribution in [1.82, 2.24) is 0 Å².